The molecule has 1 unspecified atom stereocenters. The van der Waals surface area contributed by atoms with Crippen LogP contribution in [0.3, 0.4) is 0 Å². The second-order valence-electron chi connectivity index (χ2n) is 5.86. The maximum atomic E-state index is 13.4. The molecule has 2 aromatic carbocycles. The Morgan fingerprint density at radius 1 is 1.19 bits per heavy atom. The van der Waals surface area contributed by atoms with Crippen LogP contribution >= 0.6 is 0 Å². The molecule has 0 radical (unpaired) electrons. The third kappa shape index (κ3) is 4.20. The third-order valence-electron chi connectivity index (χ3n) is 3.84. The van der Waals surface area contributed by atoms with Crippen LogP contribution in [0.2, 0.25) is 0 Å². The van der Waals surface area contributed by atoms with Gasteiger partial charge in [0.1, 0.15) is 11.9 Å². The van der Waals surface area contributed by atoms with Crippen molar-refractivity contribution in [3.63, 3.8) is 0 Å². The van der Waals surface area contributed by atoms with Gasteiger partial charge in [-0.3, -0.25) is 0 Å². The Morgan fingerprint density at radius 3 is 2.41 bits per heavy atom. The van der Waals surface area contributed by atoms with Gasteiger partial charge in [0.25, 0.3) is 0 Å². The van der Waals surface area contributed by atoms with E-state index in [1.807, 2.05) is 0 Å². The summed E-state index contributed by atoms with van der Waals surface area (Å²) in [4.78, 5) is 11.1. The topological polar surface area (TPSA) is 94.1 Å². The monoisotopic (exact) mass is 379 g/mol. The standard InChI is InChI=1S/C18H16F3N3O3/c1-10(9-22)26-13-5-2-11(3-6-13)14-8-12(16-23-24-17(25)27-16)4-7-15(14)18(19,20)21/h2-8,10H,9,22H2,1H3,(H,24,25). The summed E-state index contributed by atoms with van der Waals surface area (Å²) in [5.74, 6) is -0.381. The van der Waals surface area contributed by atoms with Gasteiger partial charge >= 0.3 is 11.9 Å². The molecule has 0 amide bonds. The minimum atomic E-state index is -4.55. The fraction of sp³-hybridized carbons (Fsp3) is 0.222. The highest BCUT2D eigenvalue weighted by Gasteiger charge is 2.34. The molecule has 3 aromatic rings. The number of halogens is 3. The molecule has 0 saturated carbocycles. The molecule has 3 N–H and O–H groups in total. The van der Waals surface area contributed by atoms with Gasteiger partial charge in [0.2, 0.25) is 5.89 Å². The number of H-pyrrole nitrogens is 1. The van der Waals surface area contributed by atoms with Gasteiger partial charge in [-0.25, -0.2) is 9.89 Å². The van der Waals surface area contributed by atoms with Crippen LogP contribution in [0, 0.1) is 0 Å². The summed E-state index contributed by atoms with van der Waals surface area (Å²) in [6, 6.07) is 9.60. The van der Waals surface area contributed by atoms with Crippen molar-refractivity contribution in [2.24, 2.45) is 5.73 Å². The maximum Gasteiger partial charge on any atom is 0.434 e. The lowest BCUT2D eigenvalue weighted by molar-refractivity contribution is -0.137. The van der Waals surface area contributed by atoms with Gasteiger partial charge in [-0.2, -0.15) is 13.2 Å². The smallest absolute Gasteiger partial charge is 0.434 e. The Labute approximate surface area is 151 Å². The average molecular weight is 379 g/mol. The fourth-order valence-electron chi connectivity index (χ4n) is 2.51. The summed E-state index contributed by atoms with van der Waals surface area (Å²) in [6.07, 6.45) is -4.77. The van der Waals surface area contributed by atoms with Crippen LogP contribution in [0.4, 0.5) is 13.2 Å². The highest BCUT2D eigenvalue weighted by Crippen LogP contribution is 2.39. The van der Waals surface area contributed by atoms with Gasteiger partial charge in [-0.05, 0) is 48.4 Å². The van der Waals surface area contributed by atoms with Gasteiger partial charge in [0.15, 0.2) is 0 Å². The predicted octanol–water partition coefficient (Wildman–Crippen LogP) is 3.44. The number of hydrogen-bond donors (Lipinski definition) is 2. The Bertz CT molecular complexity index is 978. The molecule has 0 aliphatic heterocycles. The van der Waals surface area contributed by atoms with Crippen LogP contribution in [-0.2, 0) is 6.18 Å². The molecule has 3 rings (SSSR count). The zero-order valence-electron chi connectivity index (χ0n) is 14.2. The van der Waals surface area contributed by atoms with Gasteiger partial charge in [-0.1, -0.05) is 12.1 Å². The number of nitrogens with zero attached hydrogens (tertiary/aromatic N) is 1. The lowest BCUT2D eigenvalue weighted by atomic mass is 9.96. The zero-order chi connectivity index (χ0) is 19.6. The zero-order valence-corrected chi connectivity index (χ0v) is 14.2. The first-order valence-corrected chi connectivity index (χ1v) is 8.02. The van der Waals surface area contributed by atoms with E-state index in [-0.39, 0.29) is 23.1 Å². The molecule has 142 valence electrons. The largest absolute Gasteiger partial charge is 0.489 e. The Hall–Kier alpha value is -3.07. The number of alkyl halides is 3. The van der Waals surface area contributed by atoms with E-state index in [1.165, 1.54) is 24.3 Å². The summed E-state index contributed by atoms with van der Waals surface area (Å²) in [5, 5.41) is 5.73. The van der Waals surface area contributed by atoms with E-state index in [4.69, 9.17) is 14.9 Å². The number of nitrogens with one attached hydrogen (secondary N) is 1. The van der Waals surface area contributed by atoms with Crippen molar-refractivity contribution in [1.82, 2.24) is 10.2 Å². The van der Waals surface area contributed by atoms with E-state index in [0.29, 0.717) is 17.9 Å². The first-order chi connectivity index (χ1) is 12.8. The number of rotatable bonds is 5. The van der Waals surface area contributed by atoms with Crippen molar-refractivity contribution < 1.29 is 22.3 Å². The second-order valence-corrected chi connectivity index (χ2v) is 5.86. The van der Waals surface area contributed by atoms with Gasteiger partial charge in [0.05, 0.1) is 5.56 Å². The number of benzene rings is 2. The summed E-state index contributed by atoms with van der Waals surface area (Å²) in [7, 11) is 0. The lowest BCUT2D eigenvalue weighted by Gasteiger charge is -2.15. The average Bonchev–Trinajstić information content (AvgIpc) is 3.07. The molecule has 0 bridgehead atoms. The van der Waals surface area contributed by atoms with Crippen LogP contribution in [0.1, 0.15) is 12.5 Å². The van der Waals surface area contributed by atoms with Crippen LogP contribution in [0.25, 0.3) is 22.6 Å². The Kier molecular flexibility index (Phi) is 5.04. The summed E-state index contributed by atoms with van der Waals surface area (Å²) < 4.78 is 50.7. The van der Waals surface area contributed by atoms with E-state index >= 15 is 0 Å². The predicted molar refractivity (Wildman–Crippen MR) is 92.1 cm³/mol. The van der Waals surface area contributed by atoms with Crippen LogP contribution in [0.15, 0.2) is 51.7 Å². The number of aromatic amines is 1. The van der Waals surface area contributed by atoms with Crippen molar-refractivity contribution in [3.05, 3.63) is 58.6 Å². The molecule has 1 aromatic heterocycles. The SMILES string of the molecule is CC(CN)Oc1ccc(-c2cc(-c3n[nH]c(=O)o3)ccc2C(F)(F)F)cc1. The molecule has 1 heterocycles. The molecule has 6 nitrogen and oxygen atoms in total. The van der Waals surface area contributed by atoms with Gasteiger partial charge in [-0.15, -0.1) is 5.10 Å². The Morgan fingerprint density at radius 2 is 1.85 bits per heavy atom. The third-order valence-corrected chi connectivity index (χ3v) is 3.84. The fourth-order valence-corrected chi connectivity index (χ4v) is 2.51. The quantitative estimate of drug-likeness (QED) is 0.708. The molecular weight excluding hydrogens is 363 g/mol. The molecule has 0 aliphatic carbocycles. The molecule has 1 atom stereocenters. The number of ether oxygens (including phenoxy) is 1. The molecule has 9 heteroatoms. The first kappa shape index (κ1) is 18.7. The van der Waals surface area contributed by atoms with E-state index in [1.54, 1.807) is 19.1 Å². The van der Waals surface area contributed by atoms with E-state index < -0.39 is 17.5 Å². The van der Waals surface area contributed by atoms with E-state index in [0.717, 1.165) is 6.07 Å². The number of aromatic nitrogens is 2. The van der Waals surface area contributed by atoms with Crippen LogP contribution in [-0.4, -0.2) is 22.8 Å². The molecule has 27 heavy (non-hydrogen) atoms. The van der Waals surface area contributed by atoms with Crippen molar-refractivity contribution in [2.75, 3.05) is 6.54 Å². The highest BCUT2D eigenvalue weighted by molar-refractivity contribution is 5.74. The van der Waals surface area contributed by atoms with E-state index in [2.05, 4.69) is 10.2 Å². The molecule has 0 saturated heterocycles. The van der Waals surface area contributed by atoms with Crippen molar-refractivity contribution in [1.29, 1.82) is 0 Å². The summed E-state index contributed by atoms with van der Waals surface area (Å²) in [6.45, 7) is 2.10. The normalized spacial score (nSPS) is 12.8. The van der Waals surface area contributed by atoms with Crippen molar-refractivity contribution in [3.8, 4) is 28.3 Å². The summed E-state index contributed by atoms with van der Waals surface area (Å²) in [5.41, 5.74) is 5.19. The van der Waals surface area contributed by atoms with Crippen molar-refractivity contribution >= 4 is 0 Å². The van der Waals surface area contributed by atoms with E-state index in [9.17, 15) is 18.0 Å². The molecule has 0 aliphatic rings. The van der Waals surface area contributed by atoms with Crippen LogP contribution in [0.5, 0.6) is 5.75 Å². The Balaban J connectivity index is 2.04. The molecular formula is C18H16F3N3O3. The second kappa shape index (κ2) is 7.28. The molecule has 0 spiro atoms. The van der Waals surface area contributed by atoms with Gasteiger partial charge < -0.3 is 14.9 Å². The number of nitrogens with two attached hydrogens (primary N) is 1. The molecule has 0 fully saturated rings. The highest BCUT2D eigenvalue weighted by atomic mass is 19.4. The minimum absolute atomic E-state index is 0.0657. The minimum Gasteiger partial charge on any atom is -0.489 e. The van der Waals surface area contributed by atoms with Crippen molar-refractivity contribution in [2.45, 2.75) is 19.2 Å². The van der Waals surface area contributed by atoms with Gasteiger partial charge in [0, 0.05) is 12.1 Å². The van der Waals surface area contributed by atoms with Crippen LogP contribution < -0.4 is 16.2 Å². The maximum absolute atomic E-state index is 13.4. The lowest BCUT2D eigenvalue weighted by Crippen LogP contribution is -2.22. The first-order valence-electron chi connectivity index (χ1n) is 8.02. The number of hydrogen-bond acceptors (Lipinski definition) is 5. The summed E-state index contributed by atoms with van der Waals surface area (Å²) >= 11 is 0.